The number of hydrogen-bond donors (Lipinski definition) is 1. The standard InChI is InChI=1S/C14H21NO2/c1-10-4-5-14(16-3)12(8-10)9-15-13-6-7-17-11(13)2/h4-5,8,11,13,15H,6-7,9H2,1-3H3. The molecule has 1 fully saturated rings. The fraction of sp³-hybridized carbons (Fsp3) is 0.571. The molecule has 2 atom stereocenters. The van der Waals surface area contributed by atoms with Gasteiger partial charge in [0.2, 0.25) is 0 Å². The van der Waals surface area contributed by atoms with Crippen molar-refractivity contribution in [1.82, 2.24) is 5.32 Å². The van der Waals surface area contributed by atoms with Gasteiger partial charge in [0.05, 0.1) is 13.2 Å². The second kappa shape index (κ2) is 5.52. The van der Waals surface area contributed by atoms with E-state index in [9.17, 15) is 0 Å². The fourth-order valence-corrected chi connectivity index (χ4v) is 2.29. The SMILES string of the molecule is COc1ccc(C)cc1CNC1CCOC1C. The van der Waals surface area contributed by atoms with Crippen molar-refractivity contribution in [3.8, 4) is 5.75 Å². The van der Waals surface area contributed by atoms with Crippen LogP contribution in [0.25, 0.3) is 0 Å². The third-order valence-electron chi connectivity index (χ3n) is 3.37. The predicted molar refractivity (Wildman–Crippen MR) is 68.4 cm³/mol. The Morgan fingerprint density at radius 3 is 2.94 bits per heavy atom. The minimum absolute atomic E-state index is 0.311. The zero-order chi connectivity index (χ0) is 12.3. The Balaban J connectivity index is 2.00. The maximum atomic E-state index is 5.54. The summed E-state index contributed by atoms with van der Waals surface area (Å²) in [5, 5.41) is 3.54. The molecule has 1 aliphatic rings. The van der Waals surface area contributed by atoms with Gasteiger partial charge in [-0.3, -0.25) is 0 Å². The highest BCUT2D eigenvalue weighted by Gasteiger charge is 2.23. The summed E-state index contributed by atoms with van der Waals surface area (Å²) in [6, 6.07) is 6.73. The van der Waals surface area contributed by atoms with Crippen LogP contribution in [0.1, 0.15) is 24.5 Å². The normalized spacial score (nSPS) is 23.9. The number of aryl methyl sites for hydroxylation is 1. The first kappa shape index (κ1) is 12.4. The summed E-state index contributed by atoms with van der Waals surface area (Å²) in [6.45, 7) is 5.93. The Hall–Kier alpha value is -1.06. The average Bonchev–Trinajstić information content (AvgIpc) is 2.72. The number of hydrogen-bond acceptors (Lipinski definition) is 3. The first-order valence-electron chi connectivity index (χ1n) is 6.19. The molecule has 0 saturated carbocycles. The highest BCUT2D eigenvalue weighted by molar-refractivity contribution is 5.36. The van der Waals surface area contributed by atoms with E-state index in [1.165, 1.54) is 11.1 Å². The molecule has 0 bridgehead atoms. The van der Waals surface area contributed by atoms with Crippen molar-refractivity contribution in [3.63, 3.8) is 0 Å². The molecule has 0 spiro atoms. The van der Waals surface area contributed by atoms with E-state index in [-0.39, 0.29) is 0 Å². The molecule has 1 heterocycles. The van der Waals surface area contributed by atoms with Gasteiger partial charge in [-0.25, -0.2) is 0 Å². The van der Waals surface area contributed by atoms with E-state index in [0.717, 1.165) is 25.3 Å². The largest absolute Gasteiger partial charge is 0.496 e. The first-order chi connectivity index (χ1) is 8.20. The van der Waals surface area contributed by atoms with Gasteiger partial charge in [0.15, 0.2) is 0 Å². The summed E-state index contributed by atoms with van der Waals surface area (Å²) in [5.74, 6) is 0.953. The Morgan fingerprint density at radius 1 is 1.47 bits per heavy atom. The Morgan fingerprint density at radius 2 is 2.29 bits per heavy atom. The van der Waals surface area contributed by atoms with Crippen LogP contribution < -0.4 is 10.1 Å². The summed E-state index contributed by atoms with van der Waals surface area (Å²) in [5.41, 5.74) is 2.48. The van der Waals surface area contributed by atoms with Gasteiger partial charge in [0, 0.05) is 24.8 Å². The lowest BCUT2D eigenvalue weighted by molar-refractivity contribution is 0.113. The minimum Gasteiger partial charge on any atom is -0.496 e. The molecule has 3 heteroatoms. The second-order valence-corrected chi connectivity index (χ2v) is 4.67. The van der Waals surface area contributed by atoms with Gasteiger partial charge in [-0.15, -0.1) is 0 Å². The van der Waals surface area contributed by atoms with Crippen LogP contribution in [-0.4, -0.2) is 25.9 Å². The molecule has 0 amide bonds. The lowest BCUT2D eigenvalue weighted by atomic mass is 10.1. The van der Waals surface area contributed by atoms with Gasteiger partial charge in [0.1, 0.15) is 5.75 Å². The third-order valence-corrected chi connectivity index (χ3v) is 3.37. The topological polar surface area (TPSA) is 30.5 Å². The number of rotatable bonds is 4. The number of methoxy groups -OCH3 is 1. The summed E-state index contributed by atoms with van der Waals surface area (Å²) in [6.07, 6.45) is 1.40. The molecule has 3 nitrogen and oxygen atoms in total. The fourth-order valence-electron chi connectivity index (χ4n) is 2.29. The van der Waals surface area contributed by atoms with Crippen LogP contribution in [0.4, 0.5) is 0 Å². The molecule has 94 valence electrons. The third kappa shape index (κ3) is 2.99. The zero-order valence-electron chi connectivity index (χ0n) is 10.8. The lowest BCUT2D eigenvalue weighted by Gasteiger charge is -2.17. The minimum atomic E-state index is 0.311. The molecule has 1 aromatic rings. The molecular formula is C14H21NO2. The van der Waals surface area contributed by atoms with Crippen LogP contribution in [0.5, 0.6) is 5.75 Å². The van der Waals surface area contributed by atoms with Gasteiger partial charge < -0.3 is 14.8 Å². The summed E-state index contributed by atoms with van der Waals surface area (Å²) >= 11 is 0. The van der Waals surface area contributed by atoms with Crippen molar-refractivity contribution in [2.45, 2.75) is 39.0 Å². The predicted octanol–water partition coefficient (Wildman–Crippen LogP) is 2.27. The molecule has 2 rings (SSSR count). The summed E-state index contributed by atoms with van der Waals surface area (Å²) in [7, 11) is 1.72. The molecule has 1 aromatic carbocycles. The maximum absolute atomic E-state index is 5.54. The molecule has 1 aliphatic heterocycles. The quantitative estimate of drug-likeness (QED) is 0.868. The summed E-state index contributed by atoms with van der Waals surface area (Å²) < 4.78 is 10.9. The van der Waals surface area contributed by atoms with E-state index in [1.807, 2.05) is 6.07 Å². The van der Waals surface area contributed by atoms with Crippen LogP contribution in [0.3, 0.4) is 0 Å². The number of nitrogens with one attached hydrogen (secondary N) is 1. The monoisotopic (exact) mass is 235 g/mol. The lowest BCUT2D eigenvalue weighted by Crippen LogP contribution is -2.34. The van der Waals surface area contributed by atoms with E-state index in [4.69, 9.17) is 9.47 Å². The van der Waals surface area contributed by atoms with E-state index < -0.39 is 0 Å². The van der Waals surface area contributed by atoms with Crippen molar-refractivity contribution in [1.29, 1.82) is 0 Å². The van der Waals surface area contributed by atoms with Gasteiger partial charge in [-0.2, -0.15) is 0 Å². The van der Waals surface area contributed by atoms with E-state index in [1.54, 1.807) is 7.11 Å². The van der Waals surface area contributed by atoms with Crippen molar-refractivity contribution in [2.24, 2.45) is 0 Å². The zero-order valence-corrected chi connectivity index (χ0v) is 10.8. The molecular weight excluding hydrogens is 214 g/mol. The Kier molecular flexibility index (Phi) is 4.02. The van der Waals surface area contributed by atoms with Crippen LogP contribution in [0.2, 0.25) is 0 Å². The molecule has 0 radical (unpaired) electrons. The molecule has 2 unspecified atom stereocenters. The average molecular weight is 235 g/mol. The van der Waals surface area contributed by atoms with Gasteiger partial charge in [-0.05, 0) is 26.3 Å². The molecule has 0 aliphatic carbocycles. The van der Waals surface area contributed by atoms with E-state index >= 15 is 0 Å². The van der Waals surface area contributed by atoms with Crippen LogP contribution in [-0.2, 0) is 11.3 Å². The second-order valence-electron chi connectivity index (χ2n) is 4.67. The van der Waals surface area contributed by atoms with Crippen molar-refractivity contribution >= 4 is 0 Å². The highest BCUT2D eigenvalue weighted by Crippen LogP contribution is 2.20. The molecule has 1 N–H and O–H groups in total. The van der Waals surface area contributed by atoms with Crippen LogP contribution in [0, 0.1) is 6.92 Å². The van der Waals surface area contributed by atoms with E-state index in [0.29, 0.717) is 12.1 Å². The van der Waals surface area contributed by atoms with Crippen LogP contribution in [0.15, 0.2) is 18.2 Å². The molecule has 17 heavy (non-hydrogen) atoms. The smallest absolute Gasteiger partial charge is 0.123 e. The Bertz CT molecular complexity index is 378. The molecule has 1 saturated heterocycles. The van der Waals surface area contributed by atoms with E-state index in [2.05, 4.69) is 31.3 Å². The van der Waals surface area contributed by atoms with Crippen LogP contribution >= 0.6 is 0 Å². The van der Waals surface area contributed by atoms with Gasteiger partial charge >= 0.3 is 0 Å². The number of ether oxygens (including phenoxy) is 2. The molecule has 0 aromatic heterocycles. The highest BCUT2D eigenvalue weighted by atomic mass is 16.5. The van der Waals surface area contributed by atoms with Crippen molar-refractivity contribution in [2.75, 3.05) is 13.7 Å². The van der Waals surface area contributed by atoms with Gasteiger partial charge in [0.25, 0.3) is 0 Å². The van der Waals surface area contributed by atoms with Crippen molar-refractivity contribution < 1.29 is 9.47 Å². The Labute approximate surface area is 103 Å². The number of benzene rings is 1. The first-order valence-corrected chi connectivity index (χ1v) is 6.19. The summed E-state index contributed by atoms with van der Waals surface area (Å²) in [4.78, 5) is 0. The van der Waals surface area contributed by atoms with Gasteiger partial charge in [-0.1, -0.05) is 17.7 Å². The maximum Gasteiger partial charge on any atom is 0.123 e. The van der Waals surface area contributed by atoms with Crippen molar-refractivity contribution in [3.05, 3.63) is 29.3 Å².